The van der Waals surface area contributed by atoms with E-state index in [0.717, 1.165) is 0 Å². The molecule has 0 aliphatic heterocycles. The molecule has 0 aliphatic carbocycles. The molecule has 0 radical (unpaired) electrons. The van der Waals surface area contributed by atoms with E-state index in [1.165, 1.54) is 0 Å². The highest BCUT2D eigenvalue weighted by Crippen LogP contribution is 2.22. The summed E-state index contributed by atoms with van der Waals surface area (Å²) in [7, 11) is 0. The maximum Gasteiger partial charge on any atom is 0.316 e. The van der Waals surface area contributed by atoms with Crippen molar-refractivity contribution in [3.63, 3.8) is 0 Å². The molecule has 1 aromatic carbocycles. The molecule has 6 heteroatoms. The fourth-order valence-corrected chi connectivity index (χ4v) is 1.46. The second-order valence-electron chi connectivity index (χ2n) is 4.64. The maximum absolute atomic E-state index is 12.1. The van der Waals surface area contributed by atoms with Crippen LogP contribution in [0, 0.1) is 5.41 Å². The first-order chi connectivity index (χ1) is 8.91. The highest BCUT2D eigenvalue weighted by atomic mass is 16.2. The molecule has 1 rings (SSSR count). The molecule has 1 aromatic rings. The van der Waals surface area contributed by atoms with Crippen molar-refractivity contribution in [3.05, 3.63) is 24.3 Å². The number of benzene rings is 1. The Kier molecular flexibility index (Phi) is 4.88. The number of primary amides is 1. The van der Waals surface area contributed by atoms with Gasteiger partial charge in [0.1, 0.15) is 0 Å². The quantitative estimate of drug-likeness (QED) is 0.646. The summed E-state index contributed by atoms with van der Waals surface area (Å²) < 4.78 is 0. The van der Waals surface area contributed by atoms with Crippen molar-refractivity contribution in [2.24, 2.45) is 16.9 Å². The Hall–Kier alpha value is -2.08. The molecule has 6 N–H and O–H groups in total. The maximum atomic E-state index is 12.1. The predicted octanol–water partition coefficient (Wildman–Crippen LogP) is 1.49. The largest absolute Gasteiger partial charge is 0.351 e. The summed E-state index contributed by atoms with van der Waals surface area (Å²) in [6, 6.07) is 6.07. The molecule has 104 valence electrons. The smallest absolute Gasteiger partial charge is 0.316 e. The lowest BCUT2D eigenvalue weighted by atomic mass is 9.86. The number of urea groups is 1. The summed E-state index contributed by atoms with van der Waals surface area (Å²) >= 11 is 0. The topological polar surface area (TPSA) is 110 Å². The average molecular weight is 264 g/mol. The Labute approximate surface area is 112 Å². The summed E-state index contributed by atoms with van der Waals surface area (Å²) in [5, 5.41) is 5.25. The summed E-state index contributed by atoms with van der Waals surface area (Å²) in [4.78, 5) is 22.7. The Morgan fingerprint density at radius 1 is 1.16 bits per heavy atom. The van der Waals surface area contributed by atoms with Crippen LogP contribution in [0.4, 0.5) is 16.2 Å². The normalized spacial score (nSPS) is 13.4. The van der Waals surface area contributed by atoms with Crippen molar-refractivity contribution < 1.29 is 9.59 Å². The van der Waals surface area contributed by atoms with Gasteiger partial charge in [-0.2, -0.15) is 0 Å². The third-order valence-corrected chi connectivity index (χ3v) is 3.19. The first-order valence-electron chi connectivity index (χ1n) is 6.09. The number of rotatable bonds is 5. The molecule has 1 atom stereocenters. The van der Waals surface area contributed by atoms with Gasteiger partial charge in [0.25, 0.3) is 0 Å². The lowest BCUT2D eigenvalue weighted by molar-refractivity contribution is -0.124. The van der Waals surface area contributed by atoms with Gasteiger partial charge in [-0.25, -0.2) is 4.79 Å². The minimum absolute atomic E-state index is 0.117. The fraction of sp³-hybridized carbons (Fsp3) is 0.385. The molecule has 0 fully saturated rings. The average Bonchev–Trinajstić information content (AvgIpc) is 2.39. The summed E-state index contributed by atoms with van der Waals surface area (Å²) in [6.45, 7) is 4.04. The van der Waals surface area contributed by atoms with Gasteiger partial charge in [-0.05, 0) is 37.6 Å². The highest BCUT2D eigenvalue weighted by molar-refractivity contribution is 5.95. The van der Waals surface area contributed by atoms with E-state index >= 15 is 0 Å². The van der Waals surface area contributed by atoms with E-state index in [9.17, 15) is 9.59 Å². The summed E-state index contributed by atoms with van der Waals surface area (Å²) in [5.74, 6) is -0.117. The van der Waals surface area contributed by atoms with Gasteiger partial charge in [-0.15, -0.1) is 0 Å². The number of anilines is 2. The zero-order valence-corrected chi connectivity index (χ0v) is 11.2. The third kappa shape index (κ3) is 3.96. The Morgan fingerprint density at radius 3 is 2.00 bits per heavy atom. The zero-order chi connectivity index (χ0) is 14.5. The molecule has 0 bridgehead atoms. The third-order valence-electron chi connectivity index (χ3n) is 3.19. The van der Waals surface area contributed by atoms with Gasteiger partial charge in [0, 0.05) is 17.9 Å². The minimum atomic E-state index is -0.626. The molecule has 3 amide bonds. The van der Waals surface area contributed by atoms with E-state index in [1.54, 1.807) is 24.3 Å². The van der Waals surface area contributed by atoms with Gasteiger partial charge in [-0.3, -0.25) is 4.79 Å². The van der Waals surface area contributed by atoms with Gasteiger partial charge in [0.2, 0.25) is 5.91 Å². The van der Waals surface area contributed by atoms with Crippen LogP contribution in [0.25, 0.3) is 0 Å². The number of nitrogens with one attached hydrogen (secondary N) is 2. The van der Waals surface area contributed by atoms with Crippen LogP contribution in [-0.4, -0.2) is 18.5 Å². The molecular formula is C13H20N4O2. The van der Waals surface area contributed by atoms with Crippen LogP contribution in [-0.2, 0) is 4.79 Å². The van der Waals surface area contributed by atoms with Crippen LogP contribution in [0.1, 0.15) is 20.3 Å². The van der Waals surface area contributed by atoms with Crippen LogP contribution < -0.4 is 22.1 Å². The second kappa shape index (κ2) is 6.19. The molecule has 0 saturated carbocycles. The zero-order valence-electron chi connectivity index (χ0n) is 11.2. The first kappa shape index (κ1) is 15.0. The van der Waals surface area contributed by atoms with E-state index < -0.39 is 11.4 Å². The number of carbonyl (C=O) groups is 2. The fourth-order valence-electron chi connectivity index (χ4n) is 1.46. The molecule has 0 saturated heterocycles. The predicted molar refractivity (Wildman–Crippen MR) is 75.7 cm³/mol. The van der Waals surface area contributed by atoms with Gasteiger partial charge in [-0.1, -0.05) is 6.92 Å². The van der Waals surface area contributed by atoms with E-state index in [0.29, 0.717) is 17.8 Å². The van der Waals surface area contributed by atoms with Crippen LogP contribution in [0.2, 0.25) is 0 Å². The Balaban J connectivity index is 2.73. The van der Waals surface area contributed by atoms with E-state index in [1.807, 2.05) is 13.8 Å². The molecule has 19 heavy (non-hydrogen) atoms. The van der Waals surface area contributed by atoms with Gasteiger partial charge >= 0.3 is 6.03 Å². The molecule has 0 aliphatic rings. The van der Waals surface area contributed by atoms with E-state index in [-0.39, 0.29) is 12.5 Å². The SMILES string of the molecule is CCC(C)(CN)C(=O)Nc1ccc(NC(N)=O)cc1. The Bertz CT molecular complexity index is 452. The van der Waals surface area contributed by atoms with Crippen LogP contribution in [0.3, 0.4) is 0 Å². The molecule has 0 heterocycles. The molecular weight excluding hydrogens is 244 g/mol. The standard InChI is InChI=1S/C13H20N4O2/c1-3-13(2,8-14)11(18)16-9-4-6-10(7-5-9)17-12(15)19/h4-7H,3,8,14H2,1-2H3,(H,16,18)(H3,15,17,19). The minimum Gasteiger partial charge on any atom is -0.351 e. The molecule has 0 aromatic heterocycles. The highest BCUT2D eigenvalue weighted by Gasteiger charge is 2.29. The van der Waals surface area contributed by atoms with E-state index in [2.05, 4.69) is 10.6 Å². The number of carbonyl (C=O) groups excluding carboxylic acids is 2. The van der Waals surface area contributed by atoms with Crippen molar-refractivity contribution in [1.82, 2.24) is 0 Å². The lowest BCUT2D eigenvalue weighted by Crippen LogP contribution is -2.39. The number of hydrogen-bond donors (Lipinski definition) is 4. The molecule has 6 nitrogen and oxygen atoms in total. The summed E-state index contributed by atoms with van der Waals surface area (Å²) in [5.41, 5.74) is 11.3. The molecule has 1 unspecified atom stereocenters. The van der Waals surface area contributed by atoms with Crippen molar-refractivity contribution in [2.75, 3.05) is 17.2 Å². The van der Waals surface area contributed by atoms with Crippen molar-refractivity contribution >= 4 is 23.3 Å². The van der Waals surface area contributed by atoms with Crippen molar-refractivity contribution in [3.8, 4) is 0 Å². The van der Waals surface area contributed by atoms with Crippen LogP contribution >= 0.6 is 0 Å². The Morgan fingerprint density at radius 2 is 1.63 bits per heavy atom. The summed E-state index contributed by atoms with van der Waals surface area (Å²) in [6.07, 6.45) is 0.663. The monoisotopic (exact) mass is 264 g/mol. The molecule has 0 spiro atoms. The van der Waals surface area contributed by atoms with Crippen LogP contribution in [0.15, 0.2) is 24.3 Å². The van der Waals surface area contributed by atoms with Gasteiger partial charge < -0.3 is 22.1 Å². The number of amides is 3. The van der Waals surface area contributed by atoms with Crippen molar-refractivity contribution in [2.45, 2.75) is 20.3 Å². The van der Waals surface area contributed by atoms with Crippen molar-refractivity contribution in [1.29, 1.82) is 0 Å². The number of hydrogen-bond acceptors (Lipinski definition) is 3. The number of nitrogens with two attached hydrogens (primary N) is 2. The first-order valence-corrected chi connectivity index (χ1v) is 6.09. The van der Waals surface area contributed by atoms with Gasteiger partial charge in [0.05, 0.1) is 5.41 Å². The van der Waals surface area contributed by atoms with Gasteiger partial charge in [0.15, 0.2) is 0 Å². The lowest BCUT2D eigenvalue weighted by Gasteiger charge is -2.24. The van der Waals surface area contributed by atoms with E-state index in [4.69, 9.17) is 11.5 Å². The van der Waals surface area contributed by atoms with Crippen LogP contribution in [0.5, 0.6) is 0 Å². The second-order valence-corrected chi connectivity index (χ2v) is 4.64.